The molecule has 0 aliphatic heterocycles. The first-order valence-electron chi connectivity index (χ1n) is 1.95. The quantitative estimate of drug-likeness (QED) is 0.235. The fraction of sp³-hybridized carbons (Fsp3) is 0. The molecule has 0 saturated carbocycles. The van der Waals surface area contributed by atoms with Crippen LogP contribution in [0.25, 0.3) is 0 Å². The van der Waals surface area contributed by atoms with Gasteiger partial charge in [-0.1, -0.05) is 0 Å². The predicted octanol–water partition coefficient (Wildman–Crippen LogP) is -6.43. The summed E-state index contributed by atoms with van der Waals surface area (Å²) >= 11 is 0. The number of hydrogen-bond acceptors (Lipinski definition) is 3. The van der Waals surface area contributed by atoms with Crippen molar-refractivity contribution in [3.63, 3.8) is 0 Å². The van der Waals surface area contributed by atoms with E-state index in [4.69, 9.17) is 42.2 Å². The van der Waals surface area contributed by atoms with Gasteiger partial charge in [-0.3, -0.25) is 13.4 Å². The van der Waals surface area contributed by atoms with Crippen LogP contribution in [0.2, 0.25) is 0 Å². The molecule has 0 aromatic heterocycles. The van der Waals surface area contributed by atoms with Gasteiger partial charge in [-0.15, -0.1) is 0 Å². The molecule has 0 heterocycles. The third-order valence-electron chi connectivity index (χ3n) is 0. The van der Waals surface area contributed by atoms with Crippen molar-refractivity contribution in [1.29, 1.82) is 0 Å². The molecule has 4 radical (unpaired) electrons. The Bertz CT molecular complexity index is 116. The van der Waals surface area contributed by atoms with E-state index in [1.165, 1.54) is 0 Å². The molecule has 15 heteroatoms. The molecule has 0 fully saturated rings. The summed E-state index contributed by atoms with van der Waals surface area (Å²) in [6, 6.07) is 0. The second kappa shape index (κ2) is 29.3. The molecule has 0 aromatic carbocycles. The van der Waals surface area contributed by atoms with Gasteiger partial charge in [0.1, 0.15) is 0 Å². The zero-order valence-electron chi connectivity index (χ0n) is 7.32. The first-order chi connectivity index (χ1) is 5.20. The van der Waals surface area contributed by atoms with Gasteiger partial charge in [0, 0.05) is 46.1 Å². The first-order valence-corrected chi connectivity index (χ1v) is 5.86. The molecule has 10 nitrogen and oxygen atoms in total. The Morgan fingerprint density at radius 2 is 0.533 bits per heavy atom. The highest BCUT2D eigenvalue weighted by Gasteiger charge is 1.85. The minimum Gasteiger partial charge on any atom is -0.511 e. The van der Waals surface area contributed by atoms with Crippen molar-refractivity contribution in [3.05, 3.63) is 0 Å². The van der Waals surface area contributed by atoms with Crippen molar-refractivity contribution in [2.24, 2.45) is 0 Å². The zero-order chi connectivity index (χ0) is 10.7. The van der Waals surface area contributed by atoms with E-state index >= 15 is 0 Å². The smallest absolute Gasteiger partial charge is 0.511 e. The Morgan fingerprint density at radius 1 is 0.533 bits per heavy atom. The normalized spacial score (nSPS) is 4.80. The van der Waals surface area contributed by atoms with Crippen LogP contribution in [0.1, 0.15) is 0 Å². The van der Waals surface area contributed by atoms with E-state index in [1.54, 1.807) is 0 Å². The lowest BCUT2D eigenvalue weighted by Gasteiger charge is -1.55. The Kier molecular flexibility index (Phi) is 70.5. The SMILES string of the molecule is O.O=[Si](O)O.O=[Si](O)O.O=[Si](O)O.[Mg].[Mg]. The van der Waals surface area contributed by atoms with E-state index in [1.807, 2.05) is 0 Å². The van der Waals surface area contributed by atoms with Crippen molar-refractivity contribution in [2.45, 2.75) is 0 Å². The lowest BCUT2D eigenvalue weighted by molar-refractivity contribution is 0.328. The Hall–Kier alpha value is 0.343. The van der Waals surface area contributed by atoms with Gasteiger partial charge in [-0.2, -0.15) is 0 Å². The summed E-state index contributed by atoms with van der Waals surface area (Å²) in [5, 5.41) is 0. The van der Waals surface area contributed by atoms with Crippen LogP contribution in [-0.4, -0.2) is 108 Å². The lowest BCUT2D eigenvalue weighted by atomic mass is 15.8. The molecule has 15 heavy (non-hydrogen) atoms. The molecule has 0 rings (SSSR count). The topological polar surface area (TPSA) is 204 Å². The van der Waals surface area contributed by atoms with Gasteiger partial charge < -0.3 is 34.3 Å². The minimum absolute atomic E-state index is 0. The fourth-order valence-electron chi connectivity index (χ4n) is 0. The standard InChI is InChI=1S/2Mg.3H2O3Si.H2O/c;;3*1-4(2)3;/h;;3*1-2H;1H2. The van der Waals surface area contributed by atoms with Gasteiger partial charge in [0.2, 0.25) is 0 Å². The fourth-order valence-corrected chi connectivity index (χ4v) is 0. The lowest BCUT2D eigenvalue weighted by Crippen LogP contribution is -1.90. The third kappa shape index (κ3) is 18600. The summed E-state index contributed by atoms with van der Waals surface area (Å²) in [6.45, 7) is 0. The summed E-state index contributed by atoms with van der Waals surface area (Å²) in [4.78, 5) is 42.9. The first kappa shape index (κ1) is 36.2. The van der Waals surface area contributed by atoms with Crippen molar-refractivity contribution in [1.82, 2.24) is 0 Å². The van der Waals surface area contributed by atoms with Crippen LogP contribution in [0.4, 0.5) is 0 Å². The van der Waals surface area contributed by atoms with Crippen molar-refractivity contribution in [3.8, 4) is 0 Å². The van der Waals surface area contributed by atoms with Crippen LogP contribution in [-0.2, 0) is 13.4 Å². The maximum absolute atomic E-state index is 8.74. The zero-order valence-corrected chi connectivity index (χ0v) is 13.2. The maximum Gasteiger partial charge on any atom is 0.761 e. The van der Waals surface area contributed by atoms with Gasteiger partial charge in [0.15, 0.2) is 0 Å². The molecule has 8 N–H and O–H groups in total. The number of rotatable bonds is 0. The van der Waals surface area contributed by atoms with Gasteiger partial charge in [-0.05, 0) is 0 Å². The molecule has 0 spiro atoms. The molecule has 0 aliphatic rings. The summed E-state index contributed by atoms with van der Waals surface area (Å²) < 4.78 is 26.2. The molecule has 0 saturated heterocycles. The van der Waals surface area contributed by atoms with Crippen molar-refractivity contribution in [2.75, 3.05) is 0 Å². The maximum atomic E-state index is 8.74. The second-order valence-electron chi connectivity index (χ2n) is 0.848. The van der Waals surface area contributed by atoms with Crippen LogP contribution in [0.15, 0.2) is 0 Å². The molecular weight excluding hydrogens is 293 g/mol. The summed E-state index contributed by atoms with van der Waals surface area (Å²) in [5.41, 5.74) is 0. The Labute approximate surface area is 121 Å². The van der Waals surface area contributed by atoms with Crippen LogP contribution in [0.5, 0.6) is 0 Å². The van der Waals surface area contributed by atoms with Crippen molar-refractivity contribution < 1.29 is 47.6 Å². The van der Waals surface area contributed by atoms with E-state index in [9.17, 15) is 0 Å². The monoisotopic (exact) mass is 300 g/mol. The summed E-state index contributed by atoms with van der Waals surface area (Å²) in [5.74, 6) is 0. The van der Waals surface area contributed by atoms with Crippen LogP contribution >= 0.6 is 0 Å². The van der Waals surface area contributed by atoms with Gasteiger partial charge in [0.25, 0.3) is 0 Å². The van der Waals surface area contributed by atoms with Crippen LogP contribution in [0, 0.1) is 0 Å². The average molecular weight is 301 g/mol. The molecule has 84 valence electrons. The summed E-state index contributed by atoms with van der Waals surface area (Å²) in [6.07, 6.45) is 0. The molecule has 0 aromatic rings. The molecule has 0 bridgehead atoms. The van der Waals surface area contributed by atoms with E-state index in [-0.39, 0.29) is 51.6 Å². The molecule has 0 aliphatic carbocycles. The van der Waals surface area contributed by atoms with E-state index in [0.29, 0.717) is 0 Å². The average Bonchev–Trinajstić information content (AvgIpc) is 1.54. The molecular formula is H8Mg2O10Si3. The minimum atomic E-state index is -3.13. The van der Waals surface area contributed by atoms with Crippen LogP contribution in [0.3, 0.4) is 0 Å². The van der Waals surface area contributed by atoms with E-state index in [0.717, 1.165) is 0 Å². The highest BCUT2D eigenvalue weighted by molar-refractivity contribution is 6.22. The van der Waals surface area contributed by atoms with E-state index in [2.05, 4.69) is 0 Å². The van der Waals surface area contributed by atoms with Gasteiger partial charge in [0.05, 0.1) is 0 Å². The Morgan fingerprint density at radius 3 is 0.533 bits per heavy atom. The van der Waals surface area contributed by atoms with Crippen LogP contribution < -0.4 is 0 Å². The highest BCUT2D eigenvalue weighted by atomic mass is 28.3. The van der Waals surface area contributed by atoms with Gasteiger partial charge in [-0.25, -0.2) is 0 Å². The highest BCUT2D eigenvalue weighted by Crippen LogP contribution is 1.27. The number of hydrogen-bond donors (Lipinski definition) is 6. The Balaban J connectivity index is -0.0000000184. The second-order valence-corrected chi connectivity index (χ2v) is 2.54. The van der Waals surface area contributed by atoms with Gasteiger partial charge >= 0.3 is 27.5 Å². The molecule has 0 atom stereocenters. The molecule has 0 amide bonds. The van der Waals surface area contributed by atoms with Crippen molar-refractivity contribution >= 4 is 73.6 Å². The summed E-state index contributed by atoms with van der Waals surface area (Å²) in [7, 11) is -9.39. The third-order valence-corrected chi connectivity index (χ3v) is 0. The largest absolute Gasteiger partial charge is 0.761 e. The molecule has 0 unspecified atom stereocenters. The predicted molar refractivity (Wildman–Crippen MR) is 47.8 cm³/mol. The van der Waals surface area contributed by atoms with E-state index < -0.39 is 27.5 Å².